The fourth-order valence-electron chi connectivity index (χ4n) is 12.6. The zero-order chi connectivity index (χ0) is 74.2. The molecule has 600 valence electrons. The molecule has 0 aliphatic heterocycles. The first kappa shape index (κ1) is 99.1. The number of phosphoric acid groups is 2. The van der Waals surface area contributed by atoms with E-state index in [1.54, 1.807) is 0 Å². The number of unbranched alkanes of at least 4 members (excludes halogenated alkanes) is 49. The van der Waals surface area contributed by atoms with Crippen molar-refractivity contribution in [1.82, 2.24) is 0 Å². The first-order valence-corrected chi connectivity index (χ1v) is 45.6. The van der Waals surface area contributed by atoms with Crippen LogP contribution in [0.15, 0.2) is 0 Å². The molecule has 3 N–H and O–H groups in total. The topological polar surface area (TPSA) is 237 Å². The summed E-state index contributed by atoms with van der Waals surface area (Å²) >= 11 is 0. The van der Waals surface area contributed by atoms with E-state index in [0.717, 1.165) is 108 Å². The van der Waals surface area contributed by atoms with Gasteiger partial charge in [0, 0.05) is 25.7 Å². The standard InChI is InChI=1S/C82H160O17P2/c1-7-11-13-15-17-19-21-23-24-25-26-27-28-29-30-35-39-43-47-55-61-67-82(87)98-77(70-92-79(84)64-58-52-45-41-38-34-32-31-33-36-40-44-50-56-62-74(5)9-3)72-96-100(88,89)94-68-76(83)69-95-101(90,91)97-73-78(71-93-80(85)65-59-53-49-48-51-57-63-75(6)10-4)99-81(86)66-60-54-46-42-37-22-20-18-16-14-12-8-2/h74-78,83H,7-73H2,1-6H3,(H,88,89)(H,90,91)/t74?,75?,76-,77-,78-/m1/s1. The molecule has 0 aliphatic carbocycles. The number of hydrogen-bond acceptors (Lipinski definition) is 15. The second-order valence-corrected chi connectivity index (χ2v) is 32.9. The molecule has 17 nitrogen and oxygen atoms in total. The molecule has 0 aromatic heterocycles. The molecule has 0 spiro atoms. The van der Waals surface area contributed by atoms with Crippen LogP contribution in [0.1, 0.15) is 433 Å². The van der Waals surface area contributed by atoms with Gasteiger partial charge in [0.2, 0.25) is 0 Å². The largest absolute Gasteiger partial charge is 0.472 e. The summed E-state index contributed by atoms with van der Waals surface area (Å²) in [4.78, 5) is 73.0. The Bertz CT molecular complexity index is 1950. The molecule has 0 saturated carbocycles. The van der Waals surface area contributed by atoms with Crippen LogP contribution in [0, 0.1) is 11.8 Å². The van der Waals surface area contributed by atoms with Crippen molar-refractivity contribution in [3.8, 4) is 0 Å². The lowest BCUT2D eigenvalue weighted by Gasteiger charge is -2.21. The molecule has 7 atom stereocenters. The van der Waals surface area contributed by atoms with Crippen LogP contribution in [0.4, 0.5) is 0 Å². The Labute approximate surface area is 619 Å². The van der Waals surface area contributed by atoms with Crippen LogP contribution >= 0.6 is 15.6 Å². The highest BCUT2D eigenvalue weighted by Crippen LogP contribution is 2.45. The summed E-state index contributed by atoms with van der Waals surface area (Å²) in [6.45, 7) is 9.65. The van der Waals surface area contributed by atoms with Crippen molar-refractivity contribution in [3.05, 3.63) is 0 Å². The van der Waals surface area contributed by atoms with E-state index in [1.807, 2.05) is 0 Å². The second-order valence-electron chi connectivity index (χ2n) is 30.0. The summed E-state index contributed by atoms with van der Waals surface area (Å²) < 4.78 is 68.7. The number of aliphatic hydroxyl groups is 1. The summed E-state index contributed by atoms with van der Waals surface area (Å²) in [7, 11) is -9.92. The van der Waals surface area contributed by atoms with Gasteiger partial charge in [0.25, 0.3) is 0 Å². The van der Waals surface area contributed by atoms with Crippen molar-refractivity contribution in [1.29, 1.82) is 0 Å². The fourth-order valence-corrected chi connectivity index (χ4v) is 14.2. The molecule has 0 bridgehead atoms. The molecular weight excluding hydrogens is 1320 g/mol. The summed E-state index contributed by atoms with van der Waals surface area (Å²) in [5.41, 5.74) is 0. The number of ether oxygens (including phenoxy) is 4. The third-order valence-electron chi connectivity index (χ3n) is 19.9. The first-order chi connectivity index (χ1) is 48.9. The highest BCUT2D eigenvalue weighted by atomic mass is 31.2. The van der Waals surface area contributed by atoms with Gasteiger partial charge in [0.1, 0.15) is 19.3 Å². The number of aliphatic hydroxyl groups excluding tert-OH is 1. The van der Waals surface area contributed by atoms with Crippen LogP contribution in [0.5, 0.6) is 0 Å². The van der Waals surface area contributed by atoms with E-state index in [0.29, 0.717) is 25.7 Å². The summed E-state index contributed by atoms with van der Waals surface area (Å²) in [5, 5.41) is 10.6. The predicted molar refractivity (Wildman–Crippen MR) is 414 cm³/mol. The number of carbonyl (C=O) groups is 4. The van der Waals surface area contributed by atoms with Crippen molar-refractivity contribution < 1.29 is 80.2 Å². The second kappa shape index (κ2) is 73.6. The maximum Gasteiger partial charge on any atom is 0.472 e. The zero-order valence-electron chi connectivity index (χ0n) is 66.2. The maximum absolute atomic E-state index is 13.1. The molecule has 0 heterocycles. The fraction of sp³-hybridized carbons (Fsp3) is 0.951. The number of rotatable bonds is 81. The quantitative estimate of drug-likeness (QED) is 0.0222. The minimum Gasteiger partial charge on any atom is -0.462 e. The van der Waals surface area contributed by atoms with Crippen LogP contribution < -0.4 is 0 Å². The third kappa shape index (κ3) is 73.4. The van der Waals surface area contributed by atoms with Crippen molar-refractivity contribution in [2.75, 3.05) is 39.6 Å². The SMILES string of the molecule is CCCCCCCCCCCCCCCCCCCCCCCC(=O)O[C@H](COC(=O)CCCCCCCCCCCCCCCCC(C)CC)COP(=O)(O)OC[C@@H](O)COP(=O)(O)OC[C@@H](COC(=O)CCCCCCCCC(C)CC)OC(=O)CCCCCCCCCCCCCC. The summed E-state index contributed by atoms with van der Waals surface area (Å²) in [5.74, 6) is -0.528. The smallest absolute Gasteiger partial charge is 0.462 e. The molecular formula is C82H160O17P2. The number of hydrogen-bond donors (Lipinski definition) is 3. The summed E-state index contributed by atoms with van der Waals surface area (Å²) in [6.07, 6.45) is 63.9. The normalized spacial score (nSPS) is 14.4. The Morgan fingerprint density at radius 2 is 0.475 bits per heavy atom. The van der Waals surface area contributed by atoms with Gasteiger partial charge in [-0.3, -0.25) is 37.3 Å². The van der Waals surface area contributed by atoms with Crippen molar-refractivity contribution in [3.63, 3.8) is 0 Å². The van der Waals surface area contributed by atoms with Gasteiger partial charge in [-0.05, 0) is 37.5 Å². The highest BCUT2D eigenvalue weighted by molar-refractivity contribution is 7.47. The van der Waals surface area contributed by atoms with E-state index >= 15 is 0 Å². The molecule has 0 aromatic carbocycles. The molecule has 0 amide bonds. The highest BCUT2D eigenvalue weighted by Gasteiger charge is 2.30. The monoisotopic (exact) mass is 1480 g/mol. The molecule has 0 saturated heterocycles. The van der Waals surface area contributed by atoms with Gasteiger partial charge in [0.15, 0.2) is 12.2 Å². The van der Waals surface area contributed by atoms with E-state index in [-0.39, 0.29) is 25.7 Å². The Balaban J connectivity index is 5.22. The van der Waals surface area contributed by atoms with Crippen LogP contribution in [-0.4, -0.2) is 96.7 Å². The minimum atomic E-state index is -4.96. The van der Waals surface area contributed by atoms with E-state index in [2.05, 4.69) is 41.5 Å². The van der Waals surface area contributed by atoms with Crippen molar-refractivity contribution in [2.24, 2.45) is 11.8 Å². The van der Waals surface area contributed by atoms with Gasteiger partial charge in [-0.1, -0.05) is 382 Å². The average molecular weight is 1480 g/mol. The van der Waals surface area contributed by atoms with E-state index in [1.165, 1.54) is 244 Å². The van der Waals surface area contributed by atoms with Crippen LogP contribution in [0.3, 0.4) is 0 Å². The molecule has 0 radical (unpaired) electrons. The lowest BCUT2D eigenvalue weighted by Crippen LogP contribution is -2.30. The van der Waals surface area contributed by atoms with Crippen molar-refractivity contribution in [2.45, 2.75) is 452 Å². The van der Waals surface area contributed by atoms with Crippen LogP contribution in [-0.2, 0) is 65.4 Å². The van der Waals surface area contributed by atoms with Gasteiger partial charge in [-0.25, -0.2) is 9.13 Å². The van der Waals surface area contributed by atoms with Gasteiger partial charge >= 0.3 is 39.5 Å². The lowest BCUT2D eigenvalue weighted by molar-refractivity contribution is -0.161. The van der Waals surface area contributed by atoms with Crippen molar-refractivity contribution >= 4 is 39.5 Å². The minimum absolute atomic E-state index is 0.107. The molecule has 0 aromatic rings. The van der Waals surface area contributed by atoms with Gasteiger partial charge in [-0.2, -0.15) is 0 Å². The first-order valence-electron chi connectivity index (χ1n) is 42.6. The maximum atomic E-state index is 13.1. The average Bonchev–Trinajstić information content (AvgIpc) is 1.01. The Kier molecular flexibility index (Phi) is 72.2. The van der Waals surface area contributed by atoms with E-state index < -0.39 is 97.5 Å². The Hall–Kier alpha value is -1.94. The number of esters is 4. The zero-order valence-corrected chi connectivity index (χ0v) is 68.0. The molecule has 4 unspecified atom stereocenters. The predicted octanol–water partition coefficient (Wildman–Crippen LogP) is 24.7. The van der Waals surface area contributed by atoms with Crippen LogP contribution in [0.2, 0.25) is 0 Å². The van der Waals surface area contributed by atoms with E-state index in [9.17, 15) is 43.2 Å². The molecule has 0 rings (SSSR count). The molecule has 19 heteroatoms. The van der Waals surface area contributed by atoms with E-state index in [4.69, 9.17) is 37.0 Å². The Morgan fingerprint density at radius 3 is 0.703 bits per heavy atom. The molecule has 0 fully saturated rings. The Morgan fingerprint density at radius 1 is 0.277 bits per heavy atom. The molecule has 0 aliphatic rings. The van der Waals surface area contributed by atoms with Gasteiger partial charge in [0.05, 0.1) is 26.4 Å². The van der Waals surface area contributed by atoms with Gasteiger partial charge in [-0.15, -0.1) is 0 Å². The van der Waals surface area contributed by atoms with Gasteiger partial charge < -0.3 is 33.8 Å². The number of phosphoric ester groups is 2. The summed E-state index contributed by atoms with van der Waals surface area (Å²) in [6, 6.07) is 0. The molecule has 101 heavy (non-hydrogen) atoms. The van der Waals surface area contributed by atoms with Crippen LogP contribution in [0.25, 0.3) is 0 Å². The number of carbonyl (C=O) groups excluding carboxylic acids is 4. The lowest BCUT2D eigenvalue weighted by atomic mass is 9.99. The third-order valence-corrected chi connectivity index (χ3v) is 21.8.